The lowest BCUT2D eigenvalue weighted by atomic mass is 10.2. The van der Waals surface area contributed by atoms with Crippen molar-refractivity contribution in [3.05, 3.63) is 96.7 Å². The fourth-order valence-electron chi connectivity index (χ4n) is 3.72. The van der Waals surface area contributed by atoms with Gasteiger partial charge in [-0.3, -0.25) is 19.7 Å². The Morgan fingerprint density at radius 2 is 1.92 bits per heavy atom. The zero-order chi connectivity index (χ0) is 26.3. The van der Waals surface area contributed by atoms with E-state index in [0.717, 1.165) is 23.9 Å². The Morgan fingerprint density at radius 1 is 1.14 bits per heavy atom. The first-order valence-electron chi connectivity index (χ1n) is 10.6. The number of hydrogen-bond donors (Lipinski definition) is 0. The fourth-order valence-corrected chi connectivity index (χ4v) is 4.12. The number of furan rings is 1. The van der Waals surface area contributed by atoms with E-state index in [1.54, 1.807) is 48.5 Å². The Balaban J connectivity index is 1.75. The number of aromatic nitrogens is 2. The average Bonchev–Trinajstić information content (AvgIpc) is 3.27. The van der Waals surface area contributed by atoms with Crippen molar-refractivity contribution in [3.8, 4) is 17.3 Å². The minimum atomic E-state index is -0.786. The number of para-hydroxylation sites is 1. The first kappa shape index (κ1) is 24.2. The molecule has 5 aromatic rings. The predicted molar refractivity (Wildman–Crippen MR) is 139 cm³/mol. The molecule has 0 N–H and O–H groups in total. The van der Waals surface area contributed by atoms with Gasteiger partial charge in [-0.25, -0.2) is 4.98 Å². The number of nitrogens with zero attached hydrogens (tertiary/aromatic N) is 4. The van der Waals surface area contributed by atoms with E-state index in [-0.39, 0.29) is 33.3 Å². The zero-order valence-electron chi connectivity index (χ0n) is 18.8. The van der Waals surface area contributed by atoms with Gasteiger partial charge in [0.05, 0.1) is 22.0 Å². The molecule has 0 unspecified atom stereocenters. The first-order valence-corrected chi connectivity index (χ1v) is 11.4. The minimum Gasteiger partial charge on any atom is -0.453 e. The summed E-state index contributed by atoms with van der Waals surface area (Å²) in [4.78, 5) is 40.5. The van der Waals surface area contributed by atoms with Gasteiger partial charge in [-0.2, -0.15) is 9.78 Å². The van der Waals surface area contributed by atoms with E-state index in [4.69, 9.17) is 32.4 Å². The standard InChI is InChI=1S/C25H14Cl2N4O6/c1-13(32)36-23-15(9-17(27)11-20(23)31(34)35)12-28-30-24(29-19-5-3-2-4-18(19)25(30)33)22-10-14-8-16(26)6-7-21(14)37-22/h2-12H,1H3. The van der Waals surface area contributed by atoms with Gasteiger partial charge in [-0.1, -0.05) is 35.3 Å². The van der Waals surface area contributed by atoms with Gasteiger partial charge < -0.3 is 9.15 Å². The summed E-state index contributed by atoms with van der Waals surface area (Å²) < 4.78 is 12.0. The number of fused-ring (bicyclic) bond motifs is 2. The molecule has 0 radical (unpaired) electrons. The molecule has 2 heterocycles. The highest BCUT2D eigenvalue weighted by Crippen LogP contribution is 2.34. The van der Waals surface area contributed by atoms with Crippen molar-refractivity contribution in [1.82, 2.24) is 9.66 Å². The van der Waals surface area contributed by atoms with Crippen LogP contribution in [-0.4, -0.2) is 26.8 Å². The van der Waals surface area contributed by atoms with Gasteiger partial charge in [-0.05, 0) is 42.5 Å². The summed E-state index contributed by atoms with van der Waals surface area (Å²) in [7, 11) is 0. The van der Waals surface area contributed by atoms with Crippen LogP contribution < -0.4 is 10.3 Å². The Hall–Kier alpha value is -4.54. The van der Waals surface area contributed by atoms with E-state index in [1.165, 1.54) is 6.07 Å². The maximum Gasteiger partial charge on any atom is 0.313 e. The predicted octanol–water partition coefficient (Wildman–Crippen LogP) is 5.83. The van der Waals surface area contributed by atoms with Crippen LogP contribution in [0.15, 0.2) is 75.0 Å². The maximum atomic E-state index is 13.4. The SMILES string of the molecule is CC(=O)Oc1c(C=Nn2c(-c3cc4cc(Cl)ccc4o3)nc3ccccc3c2=O)cc(Cl)cc1[N+](=O)[O-]. The van der Waals surface area contributed by atoms with Crippen molar-refractivity contribution in [1.29, 1.82) is 0 Å². The van der Waals surface area contributed by atoms with E-state index in [2.05, 4.69) is 10.1 Å². The third-order valence-electron chi connectivity index (χ3n) is 5.27. The van der Waals surface area contributed by atoms with Gasteiger partial charge in [-0.15, -0.1) is 0 Å². The van der Waals surface area contributed by atoms with Crippen LogP contribution in [0, 0.1) is 10.1 Å². The third kappa shape index (κ3) is 4.67. The van der Waals surface area contributed by atoms with Crippen molar-refractivity contribution in [2.24, 2.45) is 5.10 Å². The molecule has 0 atom stereocenters. The number of carbonyl (C=O) groups is 1. The second-order valence-electron chi connectivity index (χ2n) is 7.80. The first-order chi connectivity index (χ1) is 17.7. The number of rotatable bonds is 5. The molecule has 0 aliphatic rings. The van der Waals surface area contributed by atoms with Gasteiger partial charge in [0, 0.05) is 34.0 Å². The molecule has 0 aliphatic carbocycles. The zero-order valence-corrected chi connectivity index (χ0v) is 20.4. The molecule has 37 heavy (non-hydrogen) atoms. The third-order valence-corrected chi connectivity index (χ3v) is 5.72. The van der Waals surface area contributed by atoms with Crippen LogP contribution in [0.2, 0.25) is 10.0 Å². The lowest BCUT2D eigenvalue weighted by Crippen LogP contribution is -2.20. The number of nitro groups is 1. The quantitative estimate of drug-likeness (QED) is 0.0906. The molecule has 0 spiro atoms. The minimum absolute atomic E-state index is 0.00224. The number of ether oxygens (including phenoxy) is 1. The number of nitro benzene ring substituents is 1. The molecule has 10 nitrogen and oxygen atoms in total. The van der Waals surface area contributed by atoms with E-state index in [0.29, 0.717) is 21.5 Å². The van der Waals surface area contributed by atoms with Crippen LogP contribution in [0.25, 0.3) is 33.5 Å². The van der Waals surface area contributed by atoms with Crippen molar-refractivity contribution < 1.29 is 18.9 Å². The highest BCUT2D eigenvalue weighted by molar-refractivity contribution is 6.31. The van der Waals surface area contributed by atoms with Gasteiger partial charge in [0.15, 0.2) is 5.76 Å². The summed E-state index contributed by atoms with van der Waals surface area (Å²) in [6.45, 7) is 1.10. The summed E-state index contributed by atoms with van der Waals surface area (Å²) >= 11 is 12.2. The van der Waals surface area contributed by atoms with Crippen molar-refractivity contribution in [2.75, 3.05) is 0 Å². The molecule has 0 aliphatic heterocycles. The molecule has 0 fully saturated rings. The highest BCUT2D eigenvalue weighted by Gasteiger charge is 2.23. The summed E-state index contributed by atoms with van der Waals surface area (Å²) in [6.07, 6.45) is 1.12. The summed E-state index contributed by atoms with van der Waals surface area (Å²) in [5.74, 6) is -0.856. The van der Waals surface area contributed by atoms with Crippen LogP contribution in [-0.2, 0) is 4.79 Å². The van der Waals surface area contributed by atoms with Crippen molar-refractivity contribution >= 4 is 62.9 Å². The van der Waals surface area contributed by atoms with E-state index in [9.17, 15) is 19.7 Å². The summed E-state index contributed by atoms with van der Waals surface area (Å²) in [5, 5.41) is 17.3. The average molecular weight is 537 g/mol. The number of esters is 1. The lowest BCUT2D eigenvalue weighted by molar-refractivity contribution is -0.385. The molecular formula is C25H14Cl2N4O6. The van der Waals surface area contributed by atoms with E-state index < -0.39 is 22.1 Å². The molecule has 0 saturated carbocycles. The fraction of sp³-hybridized carbons (Fsp3) is 0.0400. The largest absolute Gasteiger partial charge is 0.453 e. The van der Waals surface area contributed by atoms with Crippen LogP contribution in [0.1, 0.15) is 12.5 Å². The van der Waals surface area contributed by atoms with E-state index in [1.807, 2.05) is 0 Å². The van der Waals surface area contributed by atoms with Crippen LogP contribution >= 0.6 is 23.2 Å². The molecule has 3 aromatic carbocycles. The number of benzene rings is 3. The monoisotopic (exact) mass is 536 g/mol. The topological polar surface area (TPSA) is 130 Å². The van der Waals surface area contributed by atoms with Gasteiger partial charge in [0.25, 0.3) is 5.56 Å². The number of carbonyl (C=O) groups excluding carboxylic acids is 1. The van der Waals surface area contributed by atoms with Gasteiger partial charge >= 0.3 is 11.7 Å². The summed E-state index contributed by atoms with van der Waals surface area (Å²) in [5.41, 5.74) is -0.147. The molecule has 0 bridgehead atoms. The molecule has 2 aromatic heterocycles. The normalized spacial score (nSPS) is 11.4. The number of halogens is 2. The summed E-state index contributed by atoms with van der Waals surface area (Å²) in [6, 6.07) is 15.8. The van der Waals surface area contributed by atoms with Crippen molar-refractivity contribution in [3.63, 3.8) is 0 Å². The molecule has 0 amide bonds. The highest BCUT2D eigenvalue weighted by atomic mass is 35.5. The molecule has 12 heteroatoms. The van der Waals surface area contributed by atoms with Crippen LogP contribution in [0.4, 0.5) is 5.69 Å². The molecular weight excluding hydrogens is 523 g/mol. The Bertz CT molecular complexity index is 1830. The Labute approximate surface area is 217 Å². The van der Waals surface area contributed by atoms with Gasteiger partial charge in [0.2, 0.25) is 11.6 Å². The number of hydrogen-bond acceptors (Lipinski definition) is 8. The second kappa shape index (κ2) is 9.49. The maximum absolute atomic E-state index is 13.4. The molecule has 0 saturated heterocycles. The van der Waals surface area contributed by atoms with Crippen LogP contribution in [0.5, 0.6) is 5.75 Å². The Morgan fingerprint density at radius 3 is 2.68 bits per heavy atom. The molecule has 5 rings (SSSR count). The Kier molecular flexibility index (Phi) is 6.20. The van der Waals surface area contributed by atoms with E-state index >= 15 is 0 Å². The smallest absolute Gasteiger partial charge is 0.313 e. The van der Waals surface area contributed by atoms with Crippen molar-refractivity contribution in [2.45, 2.75) is 6.92 Å². The molecule has 184 valence electrons. The van der Waals surface area contributed by atoms with Crippen LogP contribution in [0.3, 0.4) is 0 Å². The second-order valence-corrected chi connectivity index (χ2v) is 8.67. The lowest BCUT2D eigenvalue weighted by Gasteiger charge is -2.09. The van der Waals surface area contributed by atoms with Gasteiger partial charge in [0.1, 0.15) is 5.58 Å².